The number of hydrogen-bond acceptors (Lipinski definition) is 4. The average molecular weight is 310 g/mol. The maximum absolute atomic E-state index is 12.5. The molecule has 1 aliphatic heterocycles. The summed E-state index contributed by atoms with van der Waals surface area (Å²) in [6, 6.07) is 12.7. The van der Waals surface area contributed by atoms with Gasteiger partial charge < -0.3 is 14.1 Å². The highest BCUT2D eigenvalue weighted by molar-refractivity contribution is 5.97. The number of nitrogens with zero attached hydrogens (tertiary/aromatic N) is 2. The first-order valence-corrected chi connectivity index (χ1v) is 7.23. The minimum Gasteiger partial charge on any atom is -0.472 e. The van der Waals surface area contributed by atoms with Gasteiger partial charge in [0.15, 0.2) is 12.3 Å². The van der Waals surface area contributed by atoms with Crippen LogP contribution in [-0.2, 0) is 13.6 Å². The molecule has 3 aromatic rings. The number of fused-ring (bicyclic) bond motifs is 2. The second kappa shape index (κ2) is 5.01. The summed E-state index contributed by atoms with van der Waals surface area (Å²) in [5.41, 5.74) is 2.71. The van der Waals surface area contributed by atoms with Crippen molar-refractivity contribution in [2.24, 2.45) is 7.05 Å². The Bertz CT molecular complexity index is 970. The number of para-hydroxylation sites is 1. The quantitative estimate of drug-likeness (QED) is 0.727. The number of carbonyl (C=O) groups is 1. The lowest BCUT2D eigenvalue weighted by atomic mass is 10.1. The lowest BCUT2D eigenvalue weighted by Crippen LogP contribution is -2.38. The molecule has 0 bridgehead atoms. The topological polar surface area (TPSA) is 64.7 Å². The van der Waals surface area contributed by atoms with E-state index in [0.717, 1.165) is 5.56 Å². The monoisotopic (exact) mass is 310 g/mol. The highest BCUT2D eigenvalue weighted by Gasteiger charge is 2.25. The lowest BCUT2D eigenvalue weighted by molar-refractivity contribution is 0.0499. The van der Waals surface area contributed by atoms with Gasteiger partial charge in [-0.2, -0.15) is 0 Å². The summed E-state index contributed by atoms with van der Waals surface area (Å²) < 4.78 is 12.2. The molecule has 0 fully saturated rings. The van der Waals surface area contributed by atoms with E-state index in [1.165, 1.54) is 4.57 Å². The molecular formula is C17H14N2O4. The molecule has 23 heavy (non-hydrogen) atoms. The van der Waals surface area contributed by atoms with E-state index in [-0.39, 0.29) is 12.6 Å². The third kappa shape index (κ3) is 2.19. The first-order chi connectivity index (χ1) is 11.1. The fourth-order valence-electron chi connectivity index (χ4n) is 2.75. The molecule has 4 rings (SSSR count). The van der Waals surface area contributed by atoms with E-state index >= 15 is 0 Å². The van der Waals surface area contributed by atoms with Crippen molar-refractivity contribution in [3.63, 3.8) is 0 Å². The Balaban J connectivity index is 1.65. The van der Waals surface area contributed by atoms with Gasteiger partial charge in [-0.1, -0.05) is 18.2 Å². The van der Waals surface area contributed by atoms with Crippen LogP contribution in [-0.4, -0.2) is 22.1 Å². The summed E-state index contributed by atoms with van der Waals surface area (Å²) >= 11 is 0. The first-order valence-electron chi connectivity index (χ1n) is 7.23. The molecule has 0 radical (unpaired) electrons. The molecule has 6 nitrogen and oxygen atoms in total. The van der Waals surface area contributed by atoms with Gasteiger partial charge in [0.1, 0.15) is 5.75 Å². The normalized spacial score (nSPS) is 14.0. The van der Waals surface area contributed by atoms with Crippen LogP contribution in [0.25, 0.3) is 11.1 Å². The number of oxazole rings is 1. The molecule has 2 aromatic carbocycles. The summed E-state index contributed by atoms with van der Waals surface area (Å²) in [7, 11) is 1.66. The molecule has 0 spiro atoms. The molecule has 0 saturated heterocycles. The Morgan fingerprint density at radius 3 is 2.83 bits per heavy atom. The minimum atomic E-state index is -0.400. The third-order valence-electron chi connectivity index (χ3n) is 4.01. The number of rotatable bonds is 2. The molecular weight excluding hydrogens is 296 g/mol. The average Bonchev–Trinajstić information content (AvgIpc) is 2.85. The zero-order valence-electron chi connectivity index (χ0n) is 12.5. The van der Waals surface area contributed by atoms with E-state index in [0.29, 0.717) is 29.0 Å². The van der Waals surface area contributed by atoms with Gasteiger partial charge in [-0.3, -0.25) is 9.36 Å². The van der Waals surface area contributed by atoms with Crippen molar-refractivity contribution >= 4 is 17.0 Å². The maximum atomic E-state index is 12.5. The molecule has 2 heterocycles. The van der Waals surface area contributed by atoms with Crippen molar-refractivity contribution in [1.29, 1.82) is 0 Å². The predicted molar refractivity (Wildman–Crippen MR) is 83.3 cm³/mol. The van der Waals surface area contributed by atoms with Gasteiger partial charge >= 0.3 is 5.76 Å². The summed E-state index contributed by atoms with van der Waals surface area (Å²) in [5, 5.41) is 0. The number of carbonyl (C=O) groups excluding carboxylic acids is 1. The van der Waals surface area contributed by atoms with E-state index in [1.54, 1.807) is 30.1 Å². The largest absolute Gasteiger partial charge is 0.472 e. The highest BCUT2D eigenvalue weighted by Crippen LogP contribution is 2.25. The fourth-order valence-corrected chi connectivity index (χ4v) is 2.75. The van der Waals surface area contributed by atoms with E-state index in [1.807, 2.05) is 24.3 Å². The van der Waals surface area contributed by atoms with Crippen LogP contribution in [0.15, 0.2) is 51.7 Å². The number of benzene rings is 2. The van der Waals surface area contributed by atoms with Gasteiger partial charge in [0.05, 0.1) is 11.1 Å². The summed E-state index contributed by atoms with van der Waals surface area (Å²) in [6.45, 7) is 0.612. The zero-order valence-corrected chi connectivity index (χ0v) is 12.5. The van der Waals surface area contributed by atoms with Crippen molar-refractivity contribution in [2.45, 2.75) is 6.54 Å². The Morgan fingerprint density at radius 1 is 1.13 bits per heavy atom. The molecule has 1 amide bonds. The van der Waals surface area contributed by atoms with Crippen molar-refractivity contribution in [2.75, 3.05) is 6.73 Å². The maximum Gasteiger partial charge on any atom is 0.419 e. The van der Waals surface area contributed by atoms with Crippen LogP contribution in [0.1, 0.15) is 15.9 Å². The Morgan fingerprint density at radius 2 is 1.96 bits per heavy atom. The summed E-state index contributed by atoms with van der Waals surface area (Å²) in [6.07, 6.45) is 0. The Kier molecular flexibility index (Phi) is 2.97. The highest BCUT2D eigenvalue weighted by atomic mass is 16.5. The molecule has 0 unspecified atom stereocenters. The van der Waals surface area contributed by atoms with Crippen LogP contribution in [0.2, 0.25) is 0 Å². The van der Waals surface area contributed by atoms with Crippen LogP contribution < -0.4 is 10.5 Å². The molecule has 1 aromatic heterocycles. The van der Waals surface area contributed by atoms with Crippen molar-refractivity contribution in [3.05, 3.63) is 64.1 Å². The summed E-state index contributed by atoms with van der Waals surface area (Å²) in [5.74, 6) is 0.151. The van der Waals surface area contributed by atoms with Crippen LogP contribution in [0, 0.1) is 0 Å². The third-order valence-corrected chi connectivity index (χ3v) is 4.01. The van der Waals surface area contributed by atoms with Crippen LogP contribution in [0.4, 0.5) is 0 Å². The summed E-state index contributed by atoms with van der Waals surface area (Å²) in [4.78, 5) is 25.7. The molecule has 0 atom stereocenters. The van der Waals surface area contributed by atoms with Gasteiger partial charge in [-0.05, 0) is 29.8 Å². The second-order valence-electron chi connectivity index (χ2n) is 5.50. The van der Waals surface area contributed by atoms with E-state index in [2.05, 4.69) is 0 Å². The van der Waals surface area contributed by atoms with Gasteiger partial charge in [-0.25, -0.2) is 4.79 Å². The molecule has 0 N–H and O–H groups in total. The van der Waals surface area contributed by atoms with Crippen LogP contribution in [0.5, 0.6) is 5.75 Å². The molecule has 1 aliphatic rings. The van der Waals surface area contributed by atoms with E-state index in [4.69, 9.17) is 9.15 Å². The van der Waals surface area contributed by atoms with E-state index in [9.17, 15) is 9.59 Å². The number of hydrogen-bond donors (Lipinski definition) is 0. The molecule has 0 saturated carbocycles. The number of ether oxygens (including phenoxy) is 1. The van der Waals surface area contributed by atoms with Gasteiger partial charge in [0, 0.05) is 13.6 Å². The van der Waals surface area contributed by atoms with Gasteiger partial charge in [0.25, 0.3) is 5.91 Å². The first kappa shape index (κ1) is 13.6. The number of aryl methyl sites for hydroxylation is 1. The smallest absolute Gasteiger partial charge is 0.419 e. The standard InChI is InChI=1S/C17H14N2O4/c1-18-13-8-11(6-7-15(13)23-17(18)21)9-19-10-22-14-5-3-2-4-12(14)16(19)20/h2-8H,9-10H2,1H3. The Labute approximate surface area is 131 Å². The van der Waals surface area contributed by atoms with Gasteiger partial charge in [-0.15, -0.1) is 0 Å². The Hall–Kier alpha value is -3.02. The van der Waals surface area contributed by atoms with Crippen LogP contribution >= 0.6 is 0 Å². The number of amides is 1. The minimum absolute atomic E-state index is 0.0620. The lowest BCUT2D eigenvalue weighted by Gasteiger charge is -2.28. The van der Waals surface area contributed by atoms with E-state index < -0.39 is 5.76 Å². The van der Waals surface area contributed by atoms with Crippen molar-refractivity contribution in [1.82, 2.24) is 9.47 Å². The van der Waals surface area contributed by atoms with Crippen molar-refractivity contribution in [3.8, 4) is 5.75 Å². The second-order valence-corrected chi connectivity index (χ2v) is 5.50. The SMILES string of the molecule is Cn1c(=O)oc2ccc(CN3COc4ccccc4C3=O)cc21. The zero-order chi connectivity index (χ0) is 16.0. The van der Waals surface area contributed by atoms with Crippen molar-refractivity contribution < 1.29 is 13.9 Å². The predicted octanol–water partition coefficient (Wildman–Crippen LogP) is 2.12. The molecule has 0 aliphatic carbocycles. The fraction of sp³-hybridized carbons (Fsp3) is 0.176. The molecule has 6 heteroatoms. The molecule has 116 valence electrons. The van der Waals surface area contributed by atoms with Gasteiger partial charge in [0.2, 0.25) is 0 Å². The number of aromatic nitrogens is 1. The van der Waals surface area contributed by atoms with Crippen LogP contribution in [0.3, 0.4) is 0 Å².